The summed E-state index contributed by atoms with van der Waals surface area (Å²) < 4.78 is 6.13. The molecule has 3 aromatic rings. The van der Waals surface area contributed by atoms with Crippen molar-refractivity contribution in [3.8, 4) is 11.4 Å². The van der Waals surface area contributed by atoms with Crippen LogP contribution in [0.1, 0.15) is 43.9 Å². The van der Waals surface area contributed by atoms with E-state index in [1.54, 1.807) is 0 Å². The molecular formula is C35H46N8O2. The molecule has 0 spiro atoms. The van der Waals surface area contributed by atoms with E-state index in [-0.39, 0.29) is 6.03 Å². The smallest absolute Gasteiger partial charge is 0.323 e. The lowest BCUT2D eigenvalue weighted by Gasteiger charge is -2.36. The standard InChI is InChI=1S/C35H46N8O2/c1-4-41-18-17-31-32(23-41)38-33(39-34(31)43-21-29-13-14-30(22-43)45-29)24-5-7-25(8-6-24)36-35(44)37-26-9-11-28(12-10-26)42-19-15-27(16-20-42)40(2)3/h5-12,27,29-30H,4,13-23H2,1-3H3,(H2,36,37,44). The molecule has 1 aromatic heterocycles. The van der Waals surface area contributed by atoms with Crippen molar-refractivity contribution in [1.82, 2.24) is 19.8 Å². The van der Waals surface area contributed by atoms with E-state index in [0.717, 1.165) is 99.4 Å². The van der Waals surface area contributed by atoms with Gasteiger partial charge in [-0.15, -0.1) is 0 Å². The second kappa shape index (κ2) is 12.9. The van der Waals surface area contributed by atoms with Crippen LogP contribution >= 0.6 is 0 Å². The van der Waals surface area contributed by atoms with Crippen LogP contribution in [0.2, 0.25) is 0 Å². The van der Waals surface area contributed by atoms with Crippen molar-refractivity contribution in [3.63, 3.8) is 0 Å². The highest BCUT2D eigenvalue weighted by atomic mass is 16.5. The zero-order chi connectivity index (χ0) is 30.9. The molecule has 2 N–H and O–H groups in total. The van der Waals surface area contributed by atoms with Gasteiger partial charge in [0.2, 0.25) is 0 Å². The average Bonchev–Trinajstić information content (AvgIpc) is 3.41. The summed E-state index contributed by atoms with van der Waals surface area (Å²) in [6, 6.07) is 16.4. The van der Waals surface area contributed by atoms with Crippen molar-refractivity contribution in [2.45, 2.75) is 63.8 Å². The highest BCUT2D eigenvalue weighted by Gasteiger charge is 2.36. The Kier molecular flexibility index (Phi) is 8.61. The maximum atomic E-state index is 12.8. The summed E-state index contributed by atoms with van der Waals surface area (Å²) in [5.41, 5.74) is 6.06. The number of nitrogens with one attached hydrogen (secondary N) is 2. The van der Waals surface area contributed by atoms with E-state index in [1.165, 1.54) is 24.1 Å². The lowest BCUT2D eigenvalue weighted by molar-refractivity contribution is 0.0301. The minimum absolute atomic E-state index is 0.267. The minimum atomic E-state index is -0.267. The van der Waals surface area contributed by atoms with Crippen LogP contribution in [0.15, 0.2) is 48.5 Å². The Morgan fingerprint density at radius 1 is 0.867 bits per heavy atom. The number of amides is 2. The van der Waals surface area contributed by atoms with Crippen LogP contribution in [0.25, 0.3) is 11.4 Å². The number of likely N-dealkylation sites (N-methyl/N-ethyl adjacent to an activating group) is 1. The molecule has 238 valence electrons. The Morgan fingerprint density at radius 3 is 2.13 bits per heavy atom. The lowest BCUT2D eigenvalue weighted by Crippen LogP contribution is -2.44. The van der Waals surface area contributed by atoms with Crippen molar-refractivity contribution in [2.24, 2.45) is 0 Å². The molecule has 4 aliphatic rings. The fourth-order valence-electron chi connectivity index (χ4n) is 7.31. The lowest BCUT2D eigenvalue weighted by atomic mass is 10.0. The predicted octanol–water partition coefficient (Wildman–Crippen LogP) is 5.06. The van der Waals surface area contributed by atoms with Crippen LogP contribution in [0.4, 0.5) is 27.7 Å². The number of rotatable bonds is 7. The van der Waals surface area contributed by atoms with Crippen molar-refractivity contribution in [3.05, 3.63) is 59.8 Å². The molecule has 0 aliphatic carbocycles. The minimum Gasteiger partial charge on any atom is -0.371 e. The van der Waals surface area contributed by atoms with Crippen LogP contribution in [0.5, 0.6) is 0 Å². The topological polar surface area (TPSA) is 89.1 Å². The average molecular weight is 611 g/mol. The molecule has 3 fully saturated rings. The largest absolute Gasteiger partial charge is 0.371 e. The summed E-state index contributed by atoms with van der Waals surface area (Å²) in [6.45, 7) is 9.00. The van der Waals surface area contributed by atoms with E-state index in [4.69, 9.17) is 14.7 Å². The van der Waals surface area contributed by atoms with Gasteiger partial charge >= 0.3 is 6.03 Å². The highest BCUT2D eigenvalue weighted by molar-refractivity contribution is 6.00. The molecule has 2 bridgehead atoms. The van der Waals surface area contributed by atoms with E-state index in [9.17, 15) is 4.79 Å². The summed E-state index contributed by atoms with van der Waals surface area (Å²) in [5.74, 6) is 1.82. The van der Waals surface area contributed by atoms with Gasteiger partial charge in [-0.05, 0) is 101 Å². The van der Waals surface area contributed by atoms with Gasteiger partial charge in [-0.2, -0.15) is 0 Å². The molecule has 5 heterocycles. The number of hydrogen-bond donors (Lipinski definition) is 2. The summed E-state index contributed by atoms with van der Waals surface area (Å²) in [4.78, 5) is 32.7. The maximum absolute atomic E-state index is 12.8. The van der Waals surface area contributed by atoms with Crippen LogP contribution in [0.3, 0.4) is 0 Å². The van der Waals surface area contributed by atoms with Gasteiger partial charge in [0.1, 0.15) is 5.82 Å². The van der Waals surface area contributed by atoms with E-state index in [0.29, 0.717) is 18.2 Å². The molecule has 2 amide bonds. The summed E-state index contributed by atoms with van der Waals surface area (Å²) >= 11 is 0. The van der Waals surface area contributed by atoms with Gasteiger partial charge in [0.25, 0.3) is 0 Å². The van der Waals surface area contributed by atoms with Gasteiger partial charge < -0.3 is 30.1 Å². The van der Waals surface area contributed by atoms with E-state index >= 15 is 0 Å². The molecule has 2 aromatic carbocycles. The third kappa shape index (κ3) is 6.64. The second-order valence-electron chi connectivity index (χ2n) is 13.2. The number of ether oxygens (including phenoxy) is 1. The monoisotopic (exact) mass is 610 g/mol. The predicted molar refractivity (Wildman–Crippen MR) is 180 cm³/mol. The van der Waals surface area contributed by atoms with Crippen molar-refractivity contribution >= 4 is 28.9 Å². The molecule has 2 atom stereocenters. The van der Waals surface area contributed by atoms with Gasteiger partial charge in [-0.25, -0.2) is 14.8 Å². The number of aromatic nitrogens is 2. The molecule has 45 heavy (non-hydrogen) atoms. The Bertz CT molecular complexity index is 1470. The number of hydrogen-bond acceptors (Lipinski definition) is 8. The molecule has 10 nitrogen and oxygen atoms in total. The maximum Gasteiger partial charge on any atom is 0.323 e. The van der Waals surface area contributed by atoms with Crippen LogP contribution in [0, 0.1) is 0 Å². The number of morpholine rings is 1. The Labute approximate surface area is 266 Å². The first kappa shape index (κ1) is 30.0. The fourth-order valence-corrected chi connectivity index (χ4v) is 7.31. The van der Waals surface area contributed by atoms with Crippen LogP contribution in [-0.2, 0) is 17.7 Å². The highest BCUT2D eigenvalue weighted by Crippen LogP contribution is 2.34. The third-order valence-corrected chi connectivity index (χ3v) is 10.00. The first-order valence-electron chi connectivity index (χ1n) is 16.6. The van der Waals surface area contributed by atoms with Gasteiger partial charge in [-0.3, -0.25) is 4.90 Å². The van der Waals surface area contributed by atoms with Crippen molar-refractivity contribution in [1.29, 1.82) is 0 Å². The molecule has 7 rings (SSSR count). The number of carbonyl (C=O) groups excluding carboxylic acids is 1. The number of anilines is 4. The number of piperidine rings is 1. The van der Waals surface area contributed by atoms with Gasteiger partial charge in [0.15, 0.2) is 5.82 Å². The van der Waals surface area contributed by atoms with Crippen LogP contribution < -0.4 is 20.4 Å². The second-order valence-corrected chi connectivity index (χ2v) is 13.2. The molecule has 3 saturated heterocycles. The van der Waals surface area contributed by atoms with Crippen molar-refractivity contribution in [2.75, 3.05) is 73.8 Å². The Balaban J connectivity index is 1.01. The Morgan fingerprint density at radius 2 is 1.51 bits per heavy atom. The zero-order valence-electron chi connectivity index (χ0n) is 26.8. The normalized spacial score (nSPS) is 22.0. The molecular weight excluding hydrogens is 564 g/mol. The number of carbonyl (C=O) groups is 1. The molecule has 10 heteroatoms. The number of benzene rings is 2. The van der Waals surface area contributed by atoms with Crippen LogP contribution in [-0.4, -0.2) is 97.4 Å². The van der Waals surface area contributed by atoms with Gasteiger partial charge in [0.05, 0.1) is 17.9 Å². The quantitative estimate of drug-likeness (QED) is 0.384. The van der Waals surface area contributed by atoms with Gasteiger partial charge in [0, 0.05) is 73.5 Å². The summed E-state index contributed by atoms with van der Waals surface area (Å²) in [7, 11) is 4.32. The van der Waals surface area contributed by atoms with Gasteiger partial charge in [-0.1, -0.05) is 6.92 Å². The fraction of sp³-hybridized carbons (Fsp3) is 0.514. The molecule has 0 radical (unpaired) electrons. The molecule has 2 unspecified atom stereocenters. The van der Waals surface area contributed by atoms with E-state index < -0.39 is 0 Å². The first-order chi connectivity index (χ1) is 21.9. The van der Waals surface area contributed by atoms with Crippen molar-refractivity contribution < 1.29 is 9.53 Å². The number of fused-ring (bicyclic) bond motifs is 3. The Hall–Kier alpha value is -3.73. The zero-order valence-corrected chi connectivity index (χ0v) is 26.8. The molecule has 0 saturated carbocycles. The molecule has 4 aliphatic heterocycles. The SMILES string of the molecule is CCN1CCc2c(nc(-c3ccc(NC(=O)Nc4ccc(N5CCC(N(C)C)CC5)cc4)cc3)nc2N2CC3CCC(C2)O3)C1. The van der Waals surface area contributed by atoms with E-state index in [1.807, 2.05) is 36.4 Å². The number of urea groups is 1. The third-order valence-electron chi connectivity index (χ3n) is 10.00. The summed E-state index contributed by atoms with van der Waals surface area (Å²) in [6.07, 6.45) is 6.17. The first-order valence-corrected chi connectivity index (χ1v) is 16.6. The number of nitrogens with zero attached hydrogens (tertiary/aromatic N) is 6. The van der Waals surface area contributed by atoms with E-state index in [2.05, 4.69) is 63.4 Å². The summed E-state index contributed by atoms with van der Waals surface area (Å²) in [5, 5.41) is 5.94.